The summed E-state index contributed by atoms with van der Waals surface area (Å²) in [4.78, 5) is 13.2. The maximum atomic E-state index is 11.9. The van der Waals surface area contributed by atoms with Crippen molar-refractivity contribution in [3.63, 3.8) is 0 Å². The molecule has 4 nitrogen and oxygen atoms in total. The van der Waals surface area contributed by atoms with Gasteiger partial charge in [0, 0.05) is 16.2 Å². The third-order valence-corrected chi connectivity index (χ3v) is 4.91. The van der Waals surface area contributed by atoms with Gasteiger partial charge in [0.2, 0.25) is 0 Å². The molecule has 142 valence electrons. The highest BCUT2D eigenvalue weighted by Gasteiger charge is 2.01. The Balaban J connectivity index is 1.40. The first-order valence-electron chi connectivity index (χ1n) is 9.01. The number of nitrogens with one attached hydrogen (secondary N) is 1. The van der Waals surface area contributed by atoms with Gasteiger partial charge in [-0.05, 0) is 61.0 Å². The Morgan fingerprint density at radius 1 is 1.00 bits per heavy atom. The molecule has 28 heavy (non-hydrogen) atoms. The van der Waals surface area contributed by atoms with E-state index < -0.39 is 0 Å². The van der Waals surface area contributed by atoms with Crippen LogP contribution in [0.5, 0.6) is 5.75 Å². The summed E-state index contributed by atoms with van der Waals surface area (Å²) < 4.78 is 5.77. The second kappa shape index (κ2) is 10.3. The molecule has 1 amide bonds. The first-order valence-corrected chi connectivity index (χ1v) is 10.00. The van der Waals surface area contributed by atoms with Crippen LogP contribution < -0.4 is 10.2 Å². The molecular formula is C23H22N2O2S. The lowest BCUT2D eigenvalue weighted by Gasteiger charge is -2.06. The summed E-state index contributed by atoms with van der Waals surface area (Å²) in [5.41, 5.74) is 5.25. The number of carbonyl (C=O) groups is 1. The van der Waals surface area contributed by atoms with Crippen LogP contribution in [0.1, 0.15) is 21.5 Å². The molecule has 3 rings (SSSR count). The molecule has 0 spiro atoms. The molecule has 1 N–H and O–H groups in total. The maximum Gasteiger partial charge on any atom is 0.271 e. The van der Waals surface area contributed by atoms with Crippen molar-refractivity contribution in [3.05, 3.63) is 95.6 Å². The highest BCUT2D eigenvalue weighted by Crippen LogP contribution is 2.18. The quantitative estimate of drug-likeness (QED) is 0.257. The minimum atomic E-state index is -0.233. The number of hydrogen-bond donors (Lipinski definition) is 1. The number of carbonyl (C=O) groups excluding carboxylic acids is 1. The molecule has 0 unspecified atom stereocenters. The van der Waals surface area contributed by atoms with Crippen LogP contribution in [-0.4, -0.2) is 24.5 Å². The molecule has 0 heterocycles. The highest BCUT2D eigenvalue weighted by atomic mass is 32.2. The Labute approximate surface area is 169 Å². The second-order valence-electron chi connectivity index (χ2n) is 6.14. The normalized spacial score (nSPS) is 10.8. The van der Waals surface area contributed by atoms with Gasteiger partial charge in [0.15, 0.2) is 0 Å². The fraction of sp³-hybridized carbons (Fsp3) is 0.130. The van der Waals surface area contributed by atoms with E-state index in [0.717, 1.165) is 17.1 Å². The Morgan fingerprint density at radius 3 is 2.43 bits per heavy atom. The highest BCUT2D eigenvalue weighted by molar-refractivity contribution is 7.99. The third kappa shape index (κ3) is 6.28. The first-order chi connectivity index (χ1) is 13.7. The summed E-state index contributed by atoms with van der Waals surface area (Å²) in [5, 5.41) is 3.99. The average Bonchev–Trinajstić information content (AvgIpc) is 2.74. The molecule has 0 aliphatic heterocycles. The molecular weight excluding hydrogens is 368 g/mol. The molecule has 0 aliphatic rings. The van der Waals surface area contributed by atoms with E-state index in [1.54, 1.807) is 30.1 Å². The zero-order valence-electron chi connectivity index (χ0n) is 15.7. The van der Waals surface area contributed by atoms with Gasteiger partial charge in [-0.2, -0.15) is 5.10 Å². The average molecular weight is 391 g/mol. The van der Waals surface area contributed by atoms with Crippen molar-refractivity contribution in [2.75, 3.05) is 12.4 Å². The van der Waals surface area contributed by atoms with E-state index in [9.17, 15) is 4.79 Å². The van der Waals surface area contributed by atoms with Crippen LogP contribution in [0.3, 0.4) is 0 Å². The van der Waals surface area contributed by atoms with Crippen molar-refractivity contribution in [1.29, 1.82) is 0 Å². The summed E-state index contributed by atoms with van der Waals surface area (Å²) in [7, 11) is 0. The van der Waals surface area contributed by atoms with Crippen LogP contribution in [0.2, 0.25) is 0 Å². The van der Waals surface area contributed by atoms with Crippen LogP contribution in [0, 0.1) is 6.92 Å². The summed E-state index contributed by atoms with van der Waals surface area (Å²) in [5.74, 6) is 1.47. The Bertz CT molecular complexity index is 908. The number of ether oxygens (including phenoxy) is 1. The minimum Gasteiger partial charge on any atom is -0.493 e. The lowest BCUT2D eigenvalue weighted by Crippen LogP contribution is -2.17. The number of amides is 1. The number of hydrogen-bond acceptors (Lipinski definition) is 4. The lowest BCUT2D eigenvalue weighted by atomic mass is 10.2. The predicted molar refractivity (Wildman–Crippen MR) is 115 cm³/mol. The van der Waals surface area contributed by atoms with Crippen molar-refractivity contribution in [2.24, 2.45) is 5.10 Å². The molecule has 0 atom stereocenters. The van der Waals surface area contributed by atoms with Crippen LogP contribution >= 0.6 is 11.8 Å². The smallest absolute Gasteiger partial charge is 0.271 e. The number of thioether (sulfide) groups is 1. The lowest BCUT2D eigenvalue weighted by molar-refractivity contribution is 0.0955. The molecule has 0 saturated carbocycles. The standard InChI is InChI=1S/C23H22N2O2S/c1-18-7-13-22(14-8-18)28-16-15-27-21-11-9-19(10-12-21)17-24-25-23(26)20-5-3-2-4-6-20/h2-14,17H,15-16H2,1H3,(H,25,26). The third-order valence-electron chi connectivity index (χ3n) is 3.94. The fourth-order valence-electron chi connectivity index (χ4n) is 2.42. The van der Waals surface area contributed by atoms with Crippen LogP contribution in [0.25, 0.3) is 0 Å². The van der Waals surface area contributed by atoms with Gasteiger partial charge in [-0.25, -0.2) is 5.43 Å². The number of benzene rings is 3. The summed E-state index contributed by atoms with van der Waals surface area (Å²) in [6.45, 7) is 2.72. The predicted octanol–water partition coefficient (Wildman–Crippen LogP) is 4.93. The van der Waals surface area contributed by atoms with Gasteiger partial charge in [0.1, 0.15) is 5.75 Å². The molecule has 0 radical (unpaired) electrons. The van der Waals surface area contributed by atoms with Gasteiger partial charge >= 0.3 is 0 Å². The van der Waals surface area contributed by atoms with Crippen molar-refractivity contribution in [3.8, 4) is 5.75 Å². The number of nitrogens with zero attached hydrogens (tertiary/aromatic N) is 1. The molecule has 0 bridgehead atoms. The molecule has 0 fully saturated rings. The van der Waals surface area contributed by atoms with Crippen LogP contribution in [-0.2, 0) is 0 Å². The molecule has 0 aliphatic carbocycles. The van der Waals surface area contributed by atoms with Gasteiger partial charge in [-0.1, -0.05) is 35.9 Å². The Hall–Kier alpha value is -3.05. The van der Waals surface area contributed by atoms with Gasteiger partial charge < -0.3 is 4.74 Å². The van der Waals surface area contributed by atoms with E-state index in [1.807, 2.05) is 42.5 Å². The first kappa shape index (κ1) is 19.7. The van der Waals surface area contributed by atoms with E-state index in [0.29, 0.717) is 12.2 Å². The van der Waals surface area contributed by atoms with E-state index in [-0.39, 0.29) is 5.91 Å². The van der Waals surface area contributed by atoms with Crippen molar-refractivity contribution in [2.45, 2.75) is 11.8 Å². The monoisotopic (exact) mass is 390 g/mol. The molecule has 0 saturated heterocycles. The van der Waals surface area contributed by atoms with E-state index in [1.165, 1.54) is 10.5 Å². The van der Waals surface area contributed by atoms with Crippen LogP contribution in [0.15, 0.2) is 88.9 Å². The summed E-state index contributed by atoms with van der Waals surface area (Å²) in [6, 6.07) is 25.1. The van der Waals surface area contributed by atoms with E-state index in [4.69, 9.17) is 4.74 Å². The zero-order valence-corrected chi connectivity index (χ0v) is 16.5. The number of hydrazone groups is 1. The molecule has 3 aromatic carbocycles. The molecule has 5 heteroatoms. The Morgan fingerprint density at radius 2 is 1.71 bits per heavy atom. The van der Waals surface area contributed by atoms with E-state index >= 15 is 0 Å². The maximum absolute atomic E-state index is 11.9. The molecule has 0 aromatic heterocycles. The van der Waals surface area contributed by atoms with Crippen molar-refractivity contribution < 1.29 is 9.53 Å². The van der Waals surface area contributed by atoms with Gasteiger partial charge in [0.25, 0.3) is 5.91 Å². The van der Waals surface area contributed by atoms with E-state index in [2.05, 4.69) is 41.7 Å². The minimum absolute atomic E-state index is 0.233. The number of aryl methyl sites for hydroxylation is 1. The van der Waals surface area contributed by atoms with Gasteiger partial charge in [-0.3, -0.25) is 4.79 Å². The summed E-state index contributed by atoms with van der Waals surface area (Å²) >= 11 is 1.78. The largest absolute Gasteiger partial charge is 0.493 e. The van der Waals surface area contributed by atoms with Crippen molar-refractivity contribution >= 4 is 23.9 Å². The van der Waals surface area contributed by atoms with Gasteiger partial charge in [0.05, 0.1) is 12.8 Å². The Kier molecular flexibility index (Phi) is 7.27. The number of rotatable bonds is 8. The zero-order chi connectivity index (χ0) is 19.6. The van der Waals surface area contributed by atoms with Gasteiger partial charge in [-0.15, -0.1) is 11.8 Å². The van der Waals surface area contributed by atoms with Crippen LogP contribution in [0.4, 0.5) is 0 Å². The SMILES string of the molecule is Cc1ccc(SCCOc2ccc(C=NNC(=O)c3ccccc3)cc2)cc1. The topological polar surface area (TPSA) is 50.7 Å². The summed E-state index contributed by atoms with van der Waals surface area (Å²) in [6.07, 6.45) is 1.61. The van der Waals surface area contributed by atoms with Crippen molar-refractivity contribution in [1.82, 2.24) is 5.43 Å². The second-order valence-corrected chi connectivity index (χ2v) is 7.31. The molecule has 3 aromatic rings. The fourth-order valence-corrected chi connectivity index (χ4v) is 3.15.